The van der Waals surface area contributed by atoms with Crippen LogP contribution in [0.2, 0.25) is 0 Å². The number of rotatable bonds is 5. The summed E-state index contributed by atoms with van der Waals surface area (Å²) in [5, 5.41) is 0. The zero-order chi connectivity index (χ0) is 13.0. The van der Waals surface area contributed by atoms with Gasteiger partial charge in [0.25, 0.3) is 0 Å². The molecule has 2 aromatic rings. The van der Waals surface area contributed by atoms with Crippen LogP contribution in [0.25, 0.3) is 0 Å². The van der Waals surface area contributed by atoms with Crippen molar-refractivity contribution in [2.45, 2.75) is 19.8 Å². The summed E-state index contributed by atoms with van der Waals surface area (Å²) in [4.78, 5) is 4.23. The van der Waals surface area contributed by atoms with Gasteiger partial charge in [-0.3, -0.25) is 0 Å². The van der Waals surface area contributed by atoms with E-state index in [9.17, 15) is 0 Å². The van der Waals surface area contributed by atoms with Crippen LogP contribution in [0.5, 0.6) is 11.7 Å². The van der Waals surface area contributed by atoms with Crippen molar-refractivity contribution in [1.29, 1.82) is 0 Å². The zero-order valence-corrected chi connectivity index (χ0v) is 10.8. The molecule has 0 bridgehead atoms. The van der Waals surface area contributed by atoms with E-state index in [0.717, 1.165) is 11.3 Å². The van der Waals surface area contributed by atoms with Gasteiger partial charge in [-0.05, 0) is 31.5 Å². The topological polar surface area (TPSA) is 44.5 Å². The van der Waals surface area contributed by atoms with E-state index in [0.29, 0.717) is 18.4 Å². The second-order valence-electron chi connectivity index (χ2n) is 3.95. The van der Waals surface area contributed by atoms with Crippen LogP contribution in [0.15, 0.2) is 34.9 Å². The third kappa shape index (κ3) is 2.64. The maximum absolute atomic E-state index is 5.53. The van der Waals surface area contributed by atoms with Gasteiger partial charge >= 0.3 is 5.95 Å². The van der Waals surface area contributed by atoms with E-state index in [1.54, 1.807) is 13.3 Å². The molecular formula is C14H17NO3. The molecule has 0 aliphatic heterocycles. The Morgan fingerprint density at radius 3 is 2.61 bits per heavy atom. The average Bonchev–Trinajstić information content (AvgIpc) is 2.87. The van der Waals surface area contributed by atoms with E-state index in [1.807, 2.05) is 38.1 Å². The Balaban J connectivity index is 2.15. The fraction of sp³-hybridized carbons (Fsp3) is 0.357. The van der Waals surface area contributed by atoms with Crippen molar-refractivity contribution >= 4 is 0 Å². The van der Waals surface area contributed by atoms with Crippen molar-refractivity contribution in [2.75, 3.05) is 13.7 Å². The molecule has 18 heavy (non-hydrogen) atoms. The Morgan fingerprint density at radius 2 is 2.00 bits per heavy atom. The smallest absolute Gasteiger partial charge is 0.305 e. The highest BCUT2D eigenvalue weighted by molar-refractivity contribution is 5.31. The minimum absolute atomic E-state index is 0.0881. The summed E-state index contributed by atoms with van der Waals surface area (Å²) in [6, 6.07) is 7.87. The van der Waals surface area contributed by atoms with Crippen LogP contribution < -0.4 is 9.47 Å². The Labute approximate surface area is 107 Å². The van der Waals surface area contributed by atoms with Gasteiger partial charge in [-0.15, -0.1) is 0 Å². The van der Waals surface area contributed by atoms with E-state index in [-0.39, 0.29) is 5.92 Å². The molecule has 1 unspecified atom stereocenters. The van der Waals surface area contributed by atoms with E-state index in [2.05, 4.69) is 4.98 Å². The second-order valence-corrected chi connectivity index (χ2v) is 3.95. The van der Waals surface area contributed by atoms with Crippen LogP contribution >= 0.6 is 0 Å². The molecule has 0 aliphatic carbocycles. The molecule has 1 aromatic heterocycles. The minimum atomic E-state index is 0.0881. The maximum atomic E-state index is 5.53. The number of oxazole rings is 1. The van der Waals surface area contributed by atoms with E-state index >= 15 is 0 Å². The summed E-state index contributed by atoms with van der Waals surface area (Å²) in [7, 11) is 1.65. The number of benzene rings is 1. The van der Waals surface area contributed by atoms with Gasteiger partial charge in [-0.1, -0.05) is 12.1 Å². The number of hydrogen-bond donors (Lipinski definition) is 0. The van der Waals surface area contributed by atoms with Gasteiger partial charge in [0, 0.05) is 0 Å². The van der Waals surface area contributed by atoms with Crippen LogP contribution in [-0.2, 0) is 0 Å². The van der Waals surface area contributed by atoms with Crippen molar-refractivity contribution in [3.8, 4) is 11.7 Å². The standard InChI is InChI=1S/C14H17NO3/c1-4-17-13-9-15-14(18-13)10(2)11-5-7-12(16-3)8-6-11/h5-10H,4H2,1-3H3. The molecule has 4 heteroatoms. The van der Waals surface area contributed by atoms with Gasteiger partial charge in [-0.2, -0.15) is 0 Å². The molecule has 0 aliphatic rings. The lowest BCUT2D eigenvalue weighted by atomic mass is 10.0. The lowest BCUT2D eigenvalue weighted by molar-refractivity contribution is 0.248. The van der Waals surface area contributed by atoms with E-state index in [4.69, 9.17) is 13.9 Å². The third-order valence-corrected chi connectivity index (χ3v) is 2.78. The molecule has 0 radical (unpaired) electrons. The second kappa shape index (κ2) is 5.58. The Kier molecular flexibility index (Phi) is 3.87. The first-order chi connectivity index (χ1) is 8.74. The van der Waals surface area contributed by atoms with Gasteiger partial charge in [0.1, 0.15) is 11.9 Å². The summed E-state index contributed by atoms with van der Waals surface area (Å²) >= 11 is 0. The highest BCUT2D eigenvalue weighted by Crippen LogP contribution is 2.27. The lowest BCUT2D eigenvalue weighted by Crippen LogP contribution is -1.96. The summed E-state index contributed by atoms with van der Waals surface area (Å²) < 4.78 is 15.9. The first-order valence-corrected chi connectivity index (χ1v) is 5.97. The summed E-state index contributed by atoms with van der Waals surface area (Å²) in [5.41, 5.74) is 1.13. The first-order valence-electron chi connectivity index (χ1n) is 5.97. The fourth-order valence-corrected chi connectivity index (χ4v) is 1.72. The van der Waals surface area contributed by atoms with Crippen LogP contribution in [0, 0.1) is 0 Å². The Bertz CT molecular complexity index is 490. The molecule has 0 amide bonds. The Hall–Kier alpha value is -1.97. The monoisotopic (exact) mass is 247 g/mol. The van der Waals surface area contributed by atoms with E-state index < -0.39 is 0 Å². The quantitative estimate of drug-likeness (QED) is 0.813. The first kappa shape index (κ1) is 12.5. The van der Waals surface area contributed by atoms with Gasteiger partial charge in [0.2, 0.25) is 5.89 Å². The molecule has 0 saturated carbocycles. The molecule has 0 N–H and O–H groups in total. The van der Waals surface area contributed by atoms with Gasteiger partial charge in [0.15, 0.2) is 0 Å². The zero-order valence-electron chi connectivity index (χ0n) is 10.8. The van der Waals surface area contributed by atoms with Crippen molar-refractivity contribution < 1.29 is 13.9 Å². The number of hydrogen-bond acceptors (Lipinski definition) is 4. The number of methoxy groups -OCH3 is 1. The molecule has 0 saturated heterocycles. The number of nitrogens with zero attached hydrogens (tertiary/aromatic N) is 1. The van der Waals surface area contributed by atoms with Crippen LogP contribution in [-0.4, -0.2) is 18.7 Å². The molecule has 2 rings (SSSR count). The van der Waals surface area contributed by atoms with Crippen molar-refractivity contribution in [1.82, 2.24) is 4.98 Å². The maximum Gasteiger partial charge on any atom is 0.305 e. The minimum Gasteiger partial charge on any atom is -0.497 e. The summed E-state index contributed by atoms with van der Waals surface area (Å²) in [6.07, 6.45) is 1.61. The molecule has 1 aromatic carbocycles. The summed E-state index contributed by atoms with van der Waals surface area (Å²) in [6.45, 7) is 4.53. The predicted octanol–water partition coefficient (Wildman–Crippen LogP) is 3.23. The molecule has 0 spiro atoms. The van der Waals surface area contributed by atoms with Crippen molar-refractivity contribution in [3.63, 3.8) is 0 Å². The predicted molar refractivity (Wildman–Crippen MR) is 68.2 cm³/mol. The average molecular weight is 247 g/mol. The highest BCUT2D eigenvalue weighted by atomic mass is 16.6. The Morgan fingerprint density at radius 1 is 1.28 bits per heavy atom. The van der Waals surface area contributed by atoms with Crippen LogP contribution in [0.1, 0.15) is 31.2 Å². The van der Waals surface area contributed by atoms with Crippen LogP contribution in [0.3, 0.4) is 0 Å². The molecule has 96 valence electrons. The molecule has 0 fully saturated rings. The van der Waals surface area contributed by atoms with Crippen LogP contribution in [0.4, 0.5) is 0 Å². The fourth-order valence-electron chi connectivity index (χ4n) is 1.72. The highest BCUT2D eigenvalue weighted by Gasteiger charge is 2.15. The lowest BCUT2D eigenvalue weighted by Gasteiger charge is -2.08. The molecule has 1 atom stereocenters. The summed E-state index contributed by atoms with van der Waals surface area (Å²) in [5.74, 6) is 2.05. The van der Waals surface area contributed by atoms with E-state index in [1.165, 1.54) is 0 Å². The molecular weight excluding hydrogens is 230 g/mol. The largest absolute Gasteiger partial charge is 0.497 e. The normalized spacial score (nSPS) is 12.2. The number of aromatic nitrogens is 1. The third-order valence-electron chi connectivity index (χ3n) is 2.78. The number of ether oxygens (including phenoxy) is 2. The SMILES string of the molecule is CCOc1cnc(C(C)c2ccc(OC)cc2)o1. The van der Waals surface area contributed by atoms with Crippen molar-refractivity contribution in [2.24, 2.45) is 0 Å². The molecule has 1 heterocycles. The van der Waals surface area contributed by atoms with Crippen molar-refractivity contribution in [3.05, 3.63) is 41.9 Å². The van der Waals surface area contributed by atoms with Gasteiger partial charge in [-0.25, -0.2) is 4.98 Å². The molecule has 4 nitrogen and oxygen atoms in total. The van der Waals surface area contributed by atoms with Gasteiger partial charge < -0.3 is 13.9 Å². The van der Waals surface area contributed by atoms with Gasteiger partial charge in [0.05, 0.1) is 19.6 Å².